The minimum atomic E-state index is -2.96. The van der Waals surface area contributed by atoms with E-state index in [4.69, 9.17) is 5.73 Å². The molecule has 1 amide bonds. The number of halogens is 2. The molecule has 2 rings (SSSR count). The minimum absolute atomic E-state index is 0.00327. The number of rotatable bonds is 5. The van der Waals surface area contributed by atoms with E-state index in [1.165, 1.54) is 24.4 Å². The Morgan fingerprint density at radius 1 is 1.29 bits per heavy atom. The lowest BCUT2D eigenvalue weighted by atomic mass is 10.2. The highest BCUT2D eigenvalue weighted by atomic mass is 19.3. The summed E-state index contributed by atoms with van der Waals surface area (Å²) < 4.78 is 28.9. The molecule has 0 saturated carbocycles. The molecule has 5 nitrogen and oxygen atoms in total. The average Bonchev–Trinajstić information content (AvgIpc) is 2.43. The molecule has 0 radical (unpaired) electrons. The average molecular weight is 293 g/mol. The second-order valence-corrected chi connectivity index (χ2v) is 4.18. The summed E-state index contributed by atoms with van der Waals surface area (Å²) >= 11 is 0. The highest BCUT2D eigenvalue weighted by Crippen LogP contribution is 2.25. The first kappa shape index (κ1) is 14.7. The van der Waals surface area contributed by atoms with Crippen molar-refractivity contribution in [1.82, 2.24) is 4.98 Å². The van der Waals surface area contributed by atoms with Gasteiger partial charge in [0.25, 0.3) is 0 Å². The molecule has 0 atom stereocenters. The maximum Gasteiger partial charge on any atom is 0.387 e. The number of carbonyl (C=O) groups is 1. The number of hydrogen-bond donors (Lipinski definition) is 2. The summed E-state index contributed by atoms with van der Waals surface area (Å²) in [6, 6.07) is 9.22. The van der Waals surface area contributed by atoms with Gasteiger partial charge in [0.15, 0.2) is 0 Å². The van der Waals surface area contributed by atoms with E-state index in [1.807, 2.05) is 0 Å². The van der Waals surface area contributed by atoms with Gasteiger partial charge in [-0.3, -0.25) is 9.78 Å². The van der Waals surface area contributed by atoms with Crippen molar-refractivity contribution in [2.75, 3.05) is 11.1 Å². The smallest absolute Gasteiger partial charge is 0.387 e. The lowest BCUT2D eigenvalue weighted by Gasteiger charge is -2.11. The van der Waals surface area contributed by atoms with Crippen LogP contribution >= 0.6 is 0 Å². The molecule has 21 heavy (non-hydrogen) atoms. The number of para-hydroxylation sites is 2. The summed E-state index contributed by atoms with van der Waals surface area (Å²) in [5.74, 6) is -0.483. The van der Waals surface area contributed by atoms with E-state index in [-0.39, 0.29) is 17.9 Å². The second kappa shape index (κ2) is 6.65. The van der Waals surface area contributed by atoms with Crippen LogP contribution in [0.4, 0.5) is 20.2 Å². The van der Waals surface area contributed by atoms with Crippen molar-refractivity contribution in [2.45, 2.75) is 13.0 Å². The van der Waals surface area contributed by atoms with Crippen LogP contribution in [0.3, 0.4) is 0 Å². The second-order valence-electron chi connectivity index (χ2n) is 4.18. The van der Waals surface area contributed by atoms with Gasteiger partial charge in [0.2, 0.25) is 5.91 Å². The summed E-state index contributed by atoms with van der Waals surface area (Å²) in [6.45, 7) is -2.96. The minimum Gasteiger partial charge on any atom is -0.433 e. The number of nitrogen functional groups attached to an aromatic ring is 1. The number of anilines is 2. The maximum absolute atomic E-state index is 12.3. The first-order valence-electron chi connectivity index (χ1n) is 6.08. The maximum atomic E-state index is 12.3. The van der Waals surface area contributed by atoms with E-state index in [0.29, 0.717) is 11.4 Å². The largest absolute Gasteiger partial charge is 0.433 e. The summed E-state index contributed by atoms with van der Waals surface area (Å²) in [7, 11) is 0. The first-order valence-corrected chi connectivity index (χ1v) is 6.08. The summed E-state index contributed by atoms with van der Waals surface area (Å²) in [6.07, 6.45) is 1.44. The Morgan fingerprint density at radius 2 is 2.05 bits per heavy atom. The fraction of sp³-hybridized carbons (Fsp3) is 0.143. The van der Waals surface area contributed by atoms with Crippen LogP contribution in [-0.4, -0.2) is 17.5 Å². The number of amides is 1. The Balaban J connectivity index is 2.04. The van der Waals surface area contributed by atoms with Gasteiger partial charge < -0.3 is 15.8 Å². The Kier molecular flexibility index (Phi) is 4.65. The van der Waals surface area contributed by atoms with E-state index in [1.54, 1.807) is 18.2 Å². The lowest BCUT2D eigenvalue weighted by molar-refractivity contribution is -0.115. The number of nitrogens with one attached hydrogen (secondary N) is 1. The van der Waals surface area contributed by atoms with Gasteiger partial charge in [0, 0.05) is 5.69 Å². The third kappa shape index (κ3) is 4.41. The molecule has 3 N–H and O–H groups in total. The molecule has 1 heterocycles. The Hall–Kier alpha value is -2.70. The van der Waals surface area contributed by atoms with Gasteiger partial charge in [-0.15, -0.1) is 0 Å². The fourth-order valence-electron chi connectivity index (χ4n) is 1.67. The van der Waals surface area contributed by atoms with Crippen LogP contribution < -0.4 is 15.8 Å². The van der Waals surface area contributed by atoms with Gasteiger partial charge in [0.05, 0.1) is 24.0 Å². The molecule has 110 valence electrons. The van der Waals surface area contributed by atoms with Crippen LogP contribution in [0.15, 0.2) is 42.6 Å². The fourth-order valence-corrected chi connectivity index (χ4v) is 1.67. The molecule has 0 fully saturated rings. The van der Waals surface area contributed by atoms with Crippen molar-refractivity contribution in [1.29, 1.82) is 0 Å². The number of nitrogens with zero attached hydrogens (tertiary/aromatic N) is 1. The van der Waals surface area contributed by atoms with Crippen LogP contribution in [0.1, 0.15) is 5.69 Å². The molecule has 0 aliphatic carbocycles. The highest BCUT2D eigenvalue weighted by Gasteiger charge is 2.12. The van der Waals surface area contributed by atoms with Crippen LogP contribution in [0.5, 0.6) is 5.75 Å². The number of hydrogen-bond acceptors (Lipinski definition) is 4. The van der Waals surface area contributed by atoms with Gasteiger partial charge in [-0.25, -0.2) is 0 Å². The highest BCUT2D eigenvalue weighted by molar-refractivity contribution is 5.93. The van der Waals surface area contributed by atoms with Crippen molar-refractivity contribution < 1.29 is 18.3 Å². The van der Waals surface area contributed by atoms with Gasteiger partial charge in [-0.2, -0.15) is 8.78 Å². The molecular formula is C14H13F2N3O2. The molecule has 1 aromatic heterocycles. The molecule has 1 aromatic carbocycles. The molecular weight excluding hydrogens is 280 g/mol. The van der Waals surface area contributed by atoms with Gasteiger partial charge >= 0.3 is 6.61 Å². The Bertz CT molecular complexity index is 618. The number of pyridine rings is 1. The Labute approximate surface area is 119 Å². The normalized spacial score (nSPS) is 10.4. The van der Waals surface area contributed by atoms with E-state index in [0.717, 1.165) is 0 Å². The Morgan fingerprint density at radius 3 is 2.71 bits per heavy atom. The zero-order chi connectivity index (χ0) is 15.2. The van der Waals surface area contributed by atoms with E-state index in [9.17, 15) is 13.6 Å². The monoisotopic (exact) mass is 293 g/mol. The van der Waals surface area contributed by atoms with Gasteiger partial charge in [-0.1, -0.05) is 12.1 Å². The number of alkyl halides is 2. The number of carbonyl (C=O) groups excluding carboxylic acids is 1. The molecule has 0 unspecified atom stereocenters. The summed E-state index contributed by atoms with van der Waals surface area (Å²) in [4.78, 5) is 15.9. The molecule has 2 aromatic rings. The van der Waals surface area contributed by atoms with Crippen LogP contribution in [0, 0.1) is 0 Å². The number of aromatic nitrogens is 1. The van der Waals surface area contributed by atoms with Crippen LogP contribution in [0.2, 0.25) is 0 Å². The van der Waals surface area contributed by atoms with E-state index in [2.05, 4.69) is 15.0 Å². The van der Waals surface area contributed by atoms with Crippen molar-refractivity contribution in [3.05, 3.63) is 48.3 Å². The number of ether oxygens (including phenoxy) is 1. The predicted octanol–water partition coefficient (Wildman–Crippen LogP) is 2.45. The molecule has 0 saturated heterocycles. The summed E-state index contributed by atoms with van der Waals surface area (Å²) in [5.41, 5.74) is 6.69. The van der Waals surface area contributed by atoms with Crippen LogP contribution in [-0.2, 0) is 11.2 Å². The quantitative estimate of drug-likeness (QED) is 0.887. The molecule has 0 bridgehead atoms. The topological polar surface area (TPSA) is 77.2 Å². The third-order valence-corrected chi connectivity index (χ3v) is 2.57. The molecule has 0 aliphatic rings. The van der Waals surface area contributed by atoms with Crippen molar-refractivity contribution in [3.63, 3.8) is 0 Å². The number of benzene rings is 1. The zero-order valence-corrected chi connectivity index (χ0v) is 10.9. The predicted molar refractivity (Wildman–Crippen MR) is 74.1 cm³/mol. The number of nitrogens with two attached hydrogens (primary N) is 1. The molecule has 7 heteroatoms. The van der Waals surface area contributed by atoms with Crippen LogP contribution in [0.25, 0.3) is 0 Å². The first-order chi connectivity index (χ1) is 10.0. The van der Waals surface area contributed by atoms with E-state index >= 15 is 0 Å². The van der Waals surface area contributed by atoms with Gasteiger partial charge in [-0.05, 0) is 24.3 Å². The molecule has 0 spiro atoms. The van der Waals surface area contributed by atoms with E-state index < -0.39 is 12.5 Å². The molecule has 0 aliphatic heterocycles. The summed E-state index contributed by atoms with van der Waals surface area (Å²) in [5, 5.41) is 2.51. The zero-order valence-electron chi connectivity index (χ0n) is 10.9. The van der Waals surface area contributed by atoms with Crippen molar-refractivity contribution in [2.24, 2.45) is 0 Å². The standard InChI is InChI=1S/C14H13F2N3O2/c15-14(16)21-12-4-2-1-3-11(12)19-13(20)7-10-6-5-9(17)8-18-10/h1-6,8,14H,7,17H2,(H,19,20). The van der Waals surface area contributed by atoms with Crippen molar-refractivity contribution >= 4 is 17.3 Å². The lowest BCUT2D eigenvalue weighted by Crippen LogP contribution is -2.16. The van der Waals surface area contributed by atoms with Gasteiger partial charge in [0.1, 0.15) is 5.75 Å². The SMILES string of the molecule is Nc1ccc(CC(=O)Nc2ccccc2OC(F)F)nc1. The third-order valence-electron chi connectivity index (χ3n) is 2.57. The van der Waals surface area contributed by atoms with Crippen molar-refractivity contribution in [3.8, 4) is 5.75 Å².